The van der Waals surface area contributed by atoms with E-state index in [1.807, 2.05) is 0 Å². The molecule has 0 aliphatic rings. The number of benzene rings is 1. The Bertz CT molecular complexity index is 347. The molecule has 1 aromatic carbocycles. The third kappa shape index (κ3) is 2.45. The van der Waals surface area contributed by atoms with E-state index in [9.17, 15) is 8.76 Å². The van der Waals surface area contributed by atoms with Crippen molar-refractivity contribution in [3.05, 3.63) is 40.8 Å². The summed E-state index contributed by atoms with van der Waals surface area (Å²) >= 11 is -2.59. The van der Waals surface area contributed by atoms with E-state index in [4.69, 9.17) is 5.53 Å². The molecule has 0 radical (unpaired) electrons. The Morgan fingerprint density at radius 2 is 2.08 bits per heavy atom. The number of hydrogen-bond donors (Lipinski definition) is 0. The van der Waals surface area contributed by atoms with Gasteiger partial charge in [-0.1, -0.05) is 18.2 Å². The Labute approximate surface area is 76.8 Å². The van der Waals surface area contributed by atoms with Crippen LogP contribution < -0.4 is 4.41 Å². The van der Waals surface area contributed by atoms with Crippen molar-refractivity contribution < 1.29 is 8.76 Å². The minimum atomic E-state index is -2.59. The number of azide groups is 1. The van der Waals surface area contributed by atoms with Crippen LogP contribution in [-0.2, 0) is 11.3 Å². The molecule has 0 N–H and O–H groups in total. The summed E-state index contributed by atoms with van der Waals surface area (Å²) in [6.07, 6.45) is 0. The lowest BCUT2D eigenvalue weighted by Crippen LogP contribution is -2.17. The van der Waals surface area contributed by atoms with E-state index in [0.29, 0.717) is 10.1 Å². The Morgan fingerprint density at radius 1 is 1.46 bits per heavy atom. The Morgan fingerprint density at radius 3 is 2.54 bits per heavy atom. The lowest BCUT2D eigenvalue weighted by Gasteiger charge is -2.13. The summed E-state index contributed by atoms with van der Waals surface area (Å²) in [5, 5.41) is 3.00. The van der Waals surface area contributed by atoms with Gasteiger partial charge in [-0.2, -0.15) is 4.91 Å². The number of rotatable bonds is 3. The number of para-hydroxylation sites is 1. The molecule has 0 aromatic heterocycles. The molecule has 0 bridgehead atoms. The highest BCUT2D eigenvalue weighted by Crippen LogP contribution is 2.14. The van der Waals surface area contributed by atoms with Gasteiger partial charge in [0.2, 0.25) is 0 Å². The largest absolute Gasteiger partial charge is 0.736 e. The fraction of sp³-hybridized carbons (Fsp3) is 0. The molecule has 7 heteroatoms. The number of anilines is 1. The van der Waals surface area contributed by atoms with Gasteiger partial charge in [0.15, 0.2) is 0 Å². The maximum Gasteiger partial charge on any atom is 0.149 e. The molecule has 1 unspecified atom stereocenters. The van der Waals surface area contributed by atoms with E-state index in [1.54, 1.807) is 18.2 Å². The molecule has 1 aromatic rings. The fourth-order valence-corrected chi connectivity index (χ4v) is 1.15. The third-order valence-corrected chi connectivity index (χ3v) is 1.81. The van der Waals surface area contributed by atoms with Gasteiger partial charge >= 0.3 is 0 Å². The first-order chi connectivity index (χ1) is 6.25. The van der Waals surface area contributed by atoms with Crippen LogP contribution in [0.3, 0.4) is 0 Å². The molecule has 0 saturated heterocycles. The second kappa shape index (κ2) is 4.46. The van der Waals surface area contributed by atoms with E-state index in [0.717, 1.165) is 0 Å². The SMILES string of the molecule is [N-]=[N+]=NN(c1ccccc1)S(=O)[O-]. The molecule has 0 fully saturated rings. The van der Waals surface area contributed by atoms with Crippen molar-refractivity contribution in [3.8, 4) is 0 Å². The molecular weight excluding hydrogens is 192 g/mol. The maximum atomic E-state index is 10.6. The van der Waals surface area contributed by atoms with Gasteiger partial charge < -0.3 is 4.55 Å². The molecule has 1 rings (SSSR count). The van der Waals surface area contributed by atoms with E-state index in [2.05, 4.69) is 10.1 Å². The first kappa shape index (κ1) is 9.53. The van der Waals surface area contributed by atoms with Crippen LogP contribution in [0.1, 0.15) is 0 Å². The van der Waals surface area contributed by atoms with Crippen LogP contribution in [0.5, 0.6) is 0 Å². The monoisotopic (exact) mass is 197 g/mol. The van der Waals surface area contributed by atoms with Gasteiger partial charge in [0.25, 0.3) is 0 Å². The number of hydrogen-bond acceptors (Lipinski definition) is 3. The average Bonchev–Trinajstić information content (AvgIpc) is 2.15. The molecular formula is C6H5N4O2S-. The second-order valence-corrected chi connectivity index (χ2v) is 2.78. The van der Waals surface area contributed by atoms with Crippen LogP contribution in [0.15, 0.2) is 35.6 Å². The first-order valence-corrected chi connectivity index (χ1v) is 4.28. The zero-order chi connectivity index (χ0) is 9.68. The van der Waals surface area contributed by atoms with Crippen molar-refractivity contribution in [2.24, 2.45) is 5.22 Å². The van der Waals surface area contributed by atoms with Crippen LogP contribution in [0.25, 0.3) is 10.4 Å². The maximum absolute atomic E-state index is 10.6. The smallest absolute Gasteiger partial charge is 0.149 e. The summed E-state index contributed by atoms with van der Waals surface area (Å²) in [5.74, 6) is 0. The predicted molar refractivity (Wildman–Crippen MR) is 47.0 cm³/mol. The van der Waals surface area contributed by atoms with Gasteiger partial charge in [0.05, 0.1) is 0 Å². The minimum Gasteiger partial charge on any atom is -0.736 e. The summed E-state index contributed by atoms with van der Waals surface area (Å²) in [6.45, 7) is 0. The van der Waals surface area contributed by atoms with Crippen LogP contribution in [0.4, 0.5) is 5.69 Å². The summed E-state index contributed by atoms with van der Waals surface area (Å²) < 4.78 is 21.7. The summed E-state index contributed by atoms with van der Waals surface area (Å²) in [6, 6.07) is 8.05. The van der Waals surface area contributed by atoms with Gasteiger partial charge in [-0.15, -0.1) is 9.95 Å². The number of nitrogens with zero attached hydrogens (tertiary/aromatic N) is 4. The molecule has 68 valence electrons. The summed E-state index contributed by atoms with van der Waals surface area (Å²) in [5.41, 5.74) is 8.39. The van der Waals surface area contributed by atoms with Crippen molar-refractivity contribution in [1.82, 2.24) is 0 Å². The van der Waals surface area contributed by atoms with Crippen molar-refractivity contribution in [3.63, 3.8) is 0 Å². The highest BCUT2D eigenvalue weighted by Gasteiger charge is 2.07. The quantitative estimate of drug-likeness (QED) is 0.241. The lowest BCUT2D eigenvalue weighted by atomic mass is 10.3. The van der Waals surface area contributed by atoms with Crippen molar-refractivity contribution in [1.29, 1.82) is 0 Å². The fourth-order valence-electron chi connectivity index (χ4n) is 0.759. The highest BCUT2D eigenvalue weighted by atomic mass is 32.2. The zero-order valence-corrected chi connectivity index (χ0v) is 7.22. The van der Waals surface area contributed by atoms with Crippen molar-refractivity contribution in [2.75, 3.05) is 4.41 Å². The minimum absolute atomic E-state index is 0.300. The van der Waals surface area contributed by atoms with Gasteiger partial charge in [-0.3, -0.25) is 0 Å². The Hall–Kier alpha value is -1.56. The summed E-state index contributed by atoms with van der Waals surface area (Å²) in [4.78, 5) is 2.39. The predicted octanol–water partition coefficient (Wildman–Crippen LogP) is 1.51. The van der Waals surface area contributed by atoms with Gasteiger partial charge in [0.1, 0.15) is 17.0 Å². The molecule has 0 heterocycles. The molecule has 6 nitrogen and oxygen atoms in total. The Balaban J connectivity index is 3.02. The van der Waals surface area contributed by atoms with Crippen molar-refractivity contribution >= 4 is 17.0 Å². The molecule has 13 heavy (non-hydrogen) atoms. The van der Waals surface area contributed by atoms with Crippen LogP contribution in [-0.4, -0.2) is 8.76 Å². The highest BCUT2D eigenvalue weighted by molar-refractivity contribution is 7.80. The standard InChI is InChI=1S/C6H6N4O2S/c7-8-9-10(13(11)12)6-4-2-1-3-5-6/h1-5H,(H,11,12)/p-1. The van der Waals surface area contributed by atoms with E-state index < -0.39 is 11.3 Å². The van der Waals surface area contributed by atoms with Gasteiger partial charge in [-0.05, 0) is 12.1 Å². The third-order valence-electron chi connectivity index (χ3n) is 1.24. The molecule has 0 aliphatic carbocycles. The molecule has 0 amide bonds. The molecule has 0 spiro atoms. The van der Waals surface area contributed by atoms with E-state index in [-0.39, 0.29) is 0 Å². The van der Waals surface area contributed by atoms with E-state index in [1.165, 1.54) is 12.1 Å². The van der Waals surface area contributed by atoms with Gasteiger partial charge in [-0.25, -0.2) is 4.21 Å². The molecule has 1 atom stereocenters. The summed E-state index contributed by atoms with van der Waals surface area (Å²) in [7, 11) is 0. The van der Waals surface area contributed by atoms with Gasteiger partial charge in [0, 0.05) is 5.22 Å². The normalized spacial score (nSPS) is 11.5. The van der Waals surface area contributed by atoms with E-state index >= 15 is 0 Å². The topological polar surface area (TPSA) is 92.1 Å². The second-order valence-electron chi connectivity index (χ2n) is 2.00. The Kier molecular flexibility index (Phi) is 3.27. The average molecular weight is 197 g/mol. The first-order valence-electron chi connectivity index (χ1n) is 3.25. The molecule has 0 saturated carbocycles. The molecule has 0 aliphatic heterocycles. The van der Waals surface area contributed by atoms with Crippen LogP contribution in [0, 0.1) is 0 Å². The zero-order valence-electron chi connectivity index (χ0n) is 6.40. The van der Waals surface area contributed by atoms with Crippen LogP contribution >= 0.6 is 0 Å². The van der Waals surface area contributed by atoms with Crippen LogP contribution in [0.2, 0.25) is 0 Å². The lowest BCUT2D eigenvalue weighted by molar-refractivity contribution is 0.533. The van der Waals surface area contributed by atoms with Crippen molar-refractivity contribution in [2.45, 2.75) is 0 Å².